The second-order valence-corrected chi connectivity index (χ2v) is 6.63. The first-order valence-electron chi connectivity index (χ1n) is 9.41. The number of anilines is 1. The molecule has 3 rings (SSSR count). The highest BCUT2D eigenvalue weighted by Crippen LogP contribution is 2.17. The van der Waals surface area contributed by atoms with Gasteiger partial charge in [-0.1, -0.05) is 30.3 Å². The Kier molecular flexibility index (Phi) is 6.78. The molecule has 0 bridgehead atoms. The Morgan fingerprint density at radius 1 is 0.964 bits per heavy atom. The lowest BCUT2D eigenvalue weighted by Crippen LogP contribution is -2.49. The van der Waals surface area contributed by atoms with Gasteiger partial charge in [0, 0.05) is 50.9 Å². The van der Waals surface area contributed by atoms with E-state index in [9.17, 15) is 14.0 Å². The van der Waals surface area contributed by atoms with E-state index in [1.54, 1.807) is 18.2 Å². The van der Waals surface area contributed by atoms with Crippen LogP contribution in [-0.2, 0) is 9.59 Å². The molecule has 0 aromatic heterocycles. The molecule has 0 saturated carbocycles. The van der Waals surface area contributed by atoms with E-state index in [2.05, 4.69) is 10.2 Å². The smallest absolute Gasteiger partial charge is 0.244 e. The van der Waals surface area contributed by atoms with E-state index >= 15 is 0 Å². The average molecular weight is 381 g/mol. The summed E-state index contributed by atoms with van der Waals surface area (Å²) in [7, 11) is 0. The van der Waals surface area contributed by atoms with Crippen LogP contribution in [0, 0.1) is 5.82 Å². The van der Waals surface area contributed by atoms with Gasteiger partial charge in [-0.2, -0.15) is 0 Å². The summed E-state index contributed by atoms with van der Waals surface area (Å²) >= 11 is 0. The lowest BCUT2D eigenvalue weighted by molar-refractivity contribution is -0.131. The number of amides is 2. The quantitative estimate of drug-likeness (QED) is 0.783. The largest absolute Gasteiger partial charge is 0.368 e. The minimum absolute atomic E-state index is 0.0334. The highest BCUT2D eigenvalue weighted by molar-refractivity contribution is 5.92. The summed E-state index contributed by atoms with van der Waals surface area (Å²) in [4.78, 5) is 28.1. The van der Waals surface area contributed by atoms with Gasteiger partial charge in [0.05, 0.1) is 0 Å². The van der Waals surface area contributed by atoms with Crippen molar-refractivity contribution in [2.45, 2.75) is 6.42 Å². The lowest BCUT2D eigenvalue weighted by Gasteiger charge is -2.36. The first kappa shape index (κ1) is 19.6. The van der Waals surface area contributed by atoms with Gasteiger partial charge in [0.25, 0.3) is 0 Å². The molecular formula is C22H24FN3O2. The fourth-order valence-electron chi connectivity index (χ4n) is 3.11. The molecule has 2 amide bonds. The van der Waals surface area contributed by atoms with Crippen molar-refractivity contribution in [1.29, 1.82) is 0 Å². The molecule has 28 heavy (non-hydrogen) atoms. The normalized spacial score (nSPS) is 14.3. The van der Waals surface area contributed by atoms with Gasteiger partial charge in [-0.05, 0) is 35.9 Å². The van der Waals surface area contributed by atoms with Crippen LogP contribution in [0.15, 0.2) is 60.7 Å². The molecule has 0 aliphatic carbocycles. The topological polar surface area (TPSA) is 52.7 Å². The SMILES string of the molecule is O=C(/C=C/c1ccccc1)NCCC(=O)N1CCN(c2ccc(F)cc2)CC1. The minimum Gasteiger partial charge on any atom is -0.368 e. The van der Waals surface area contributed by atoms with Crippen molar-refractivity contribution in [3.63, 3.8) is 0 Å². The van der Waals surface area contributed by atoms with Crippen LogP contribution in [0.1, 0.15) is 12.0 Å². The molecule has 0 atom stereocenters. The number of rotatable bonds is 6. The van der Waals surface area contributed by atoms with E-state index in [1.807, 2.05) is 35.2 Å². The van der Waals surface area contributed by atoms with Gasteiger partial charge in [0.2, 0.25) is 11.8 Å². The monoisotopic (exact) mass is 381 g/mol. The summed E-state index contributed by atoms with van der Waals surface area (Å²) in [6.45, 7) is 2.98. The summed E-state index contributed by atoms with van der Waals surface area (Å²) < 4.78 is 13.0. The number of nitrogens with zero attached hydrogens (tertiary/aromatic N) is 2. The Bertz CT molecular complexity index is 813. The van der Waals surface area contributed by atoms with Gasteiger partial charge in [-0.25, -0.2) is 4.39 Å². The maximum absolute atomic E-state index is 13.0. The summed E-state index contributed by atoms with van der Waals surface area (Å²) in [5, 5.41) is 2.74. The number of nitrogens with one attached hydrogen (secondary N) is 1. The molecule has 0 unspecified atom stereocenters. The van der Waals surface area contributed by atoms with Crippen LogP contribution in [0.5, 0.6) is 0 Å². The zero-order chi connectivity index (χ0) is 19.8. The third-order valence-electron chi connectivity index (χ3n) is 4.69. The first-order chi connectivity index (χ1) is 13.6. The molecule has 1 heterocycles. The molecule has 2 aromatic rings. The van der Waals surface area contributed by atoms with Crippen molar-refractivity contribution in [2.75, 3.05) is 37.6 Å². The summed E-state index contributed by atoms with van der Waals surface area (Å²) in [5.74, 6) is -0.429. The Morgan fingerprint density at radius 3 is 2.32 bits per heavy atom. The summed E-state index contributed by atoms with van der Waals surface area (Å²) in [6, 6.07) is 16.0. The fraction of sp³-hybridized carbons (Fsp3) is 0.273. The molecule has 6 heteroatoms. The van der Waals surface area contributed by atoms with Crippen molar-refractivity contribution < 1.29 is 14.0 Å². The third-order valence-corrected chi connectivity index (χ3v) is 4.69. The molecule has 1 aliphatic heterocycles. The molecule has 146 valence electrons. The van der Waals surface area contributed by atoms with Crippen molar-refractivity contribution in [3.05, 3.63) is 72.1 Å². The zero-order valence-electron chi connectivity index (χ0n) is 15.7. The fourth-order valence-corrected chi connectivity index (χ4v) is 3.11. The molecule has 0 radical (unpaired) electrons. The summed E-state index contributed by atoms with van der Waals surface area (Å²) in [5.41, 5.74) is 1.92. The zero-order valence-corrected chi connectivity index (χ0v) is 15.7. The first-order valence-corrected chi connectivity index (χ1v) is 9.41. The third kappa shape index (κ3) is 5.67. The van der Waals surface area contributed by atoms with E-state index in [-0.39, 0.29) is 24.1 Å². The number of hydrogen-bond donors (Lipinski definition) is 1. The highest BCUT2D eigenvalue weighted by Gasteiger charge is 2.21. The number of carbonyl (C=O) groups excluding carboxylic acids is 2. The molecule has 1 saturated heterocycles. The Balaban J connectivity index is 1.37. The van der Waals surface area contributed by atoms with Gasteiger partial charge >= 0.3 is 0 Å². The van der Waals surface area contributed by atoms with Crippen LogP contribution in [0.25, 0.3) is 6.08 Å². The second kappa shape index (κ2) is 9.69. The average Bonchev–Trinajstić information content (AvgIpc) is 2.73. The van der Waals surface area contributed by atoms with Crippen LogP contribution in [0.3, 0.4) is 0 Å². The number of halogens is 1. The van der Waals surface area contributed by atoms with Gasteiger partial charge in [0.15, 0.2) is 0 Å². The molecule has 1 aliphatic rings. The van der Waals surface area contributed by atoms with E-state index < -0.39 is 0 Å². The maximum Gasteiger partial charge on any atom is 0.244 e. The Hall–Kier alpha value is -3.15. The molecule has 0 spiro atoms. The Morgan fingerprint density at radius 2 is 1.64 bits per heavy atom. The summed E-state index contributed by atoms with van der Waals surface area (Å²) in [6.07, 6.45) is 3.49. The van der Waals surface area contributed by atoms with Crippen LogP contribution >= 0.6 is 0 Å². The van der Waals surface area contributed by atoms with Gasteiger partial charge in [-0.15, -0.1) is 0 Å². The maximum atomic E-state index is 13.0. The lowest BCUT2D eigenvalue weighted by atomic mass is 10.2. The van der Waals surface area contributed by atoms with Crippen LogP contribution in [0.2, 0.25) is 0 Å². The predicted octanol–water partition coefficient (Wildman–Crippen LogP) is 2.69. The molecule has 2 aromatic carbocycles. The number of benzene rings is 2. The standard InChI is InChI=1S/C22H24FN3O2/c23-19-7-9-20(10-8-19)25-14-16-26(17-15-25)22(28)12-13-24-21(27)11-6-18-4-2-1-3-5-18/h1-11H,12-17H2,(H,24,27)/b11-6+. The van der Waals surface area contributed by atoms with Crippen LogP contribution in [0.4, 0.5) is 10.1 Å². The van der Waals surface area contributed by atoms with Crippen molar-refractivity contribution in [2.24, 2.45) is 0 Å². The van der Waals surface area contributed by atoms with Crippen molar-refractivity contribution in [3.8, 4) is 0 Å². The van der Waals surface area contributed by atoms with Gasteiger partial charge in [0.1, 0.15) is 5.82 Å². The predicted molar refractivity (Wildman–Crippen MR) is 108 cm³/mol. The van der Waals surface area contributed by atoms with Gasteiger partial charge < -0.3 is 15.1 Å². The van der Waals surface area contributed by atoms with Crippen LogP contribution < -0.4 is 10.2 Å². The minimum atomic E-state index is -0.252. The van der Waals surface area contributed by atoms with E-state index in [0.29, 0.717) is 32.7 Å². The van der Waals surface area contributed by atoms with E-state index in [0.717, 1.165) is 11.3 Å². The Labute approximate surface area is 164 Å². The van der Waals surface area contributed by atoms with Crippen molar-refractivity contribution in [1.82, 2.24) is 10.2 Å². The molecule has 1 fully saturated rings. The van der Waals surface area contributed by atoms with Crippen LogP contribution in [-0.4, -0.2) is 49.4 Å². The van der Waals surface area contributed by atoms with E-state index in [1.165, 1.54) is 18.2 Å². The highest BCUT2D eigenvalue weighted by atomic mass is 19.1. The molecule has 5 nitrogen and oxygen atoms in total. The van der Waals surface area contributed by atoms with Crippen molar-refractivity contribution >= 4 is 23.6 Å². The van der Waals surface area contributed by atoms with Gasteiger partial charge in [-0.3, -0.25) is 9.59 Å². The number of carbonyl (C=O) groups is 2. The number of hydrogen-bond acceptors (Lipinski definition) is 3. The molecular weight excluding hydrogens is 357 g/mol. The molecule has 1 N–H and O–H groups in total. The second-order valence-electron chi connectivity index (χ2n) is 6.63. The van der Waals surface area contributed by atoms with E-state index in [4.69, 9.17) is 0 Å². The number of piperazine rings is 1.